The molecule has 2 aromatic rings. The predicted molar refractivity (Wildman–Crippen MR) is 63.9 cm³/mol. The van der Waals surface area contributed by atoms with E-state index in [2.05, 4.69) is 15.1 Å². The fourth-order valence-corrected chi connectivity index (χ4v) is 2.36. The summed E-state index contributed by atoms with van der Waals surface area (Å²) in [7, 11) is 0. The highest BCUT2D eigenvalue weighted by Crippen LogP contribution is 2.25. The molecule has 0 saturated carbocycles. The van der Waals surface area contributed by atoms with E-state index in [1.165, 1.54) is 26.7 Å². The topological polar surface area (TPSA) is 52.8 Å². The van der Waals surface area contributed by atoms with E-state index in [9.17, 15) is 13.2 Å². The van der Waals surface area contributed by atoms with Gasteiger partial charge in [0.15, 0.2) is 11.6 Å². The molecule has 2 aromatic heterocycles. The van der Waals surface area contributed by atoms with Gasteiger partial charge >= 0.3 is 22.8 Å². The Morgan fingerprint density at radius 1 is 1.42 bits per heavy atom. The SMILES string of the molecule is CCc1nc([O][AlH])n(-c2csc(CC(F)(F)F)n2)n1. The van der Waals surface area contributed by atoms with Gasteiger partial charge in [0.1, 0.15) is 5.01 Å². The minimum atomic E-state index is -4.27. The average molecular weight is 305 g/mol. The number of rotatable bonds is 4. The summed E-state index contributed by atoms with van der Waals surface area (Å²) in [4.78, 5) is 7.99. The van der Waals surface area contributed by atoms with Crippen LogP contribution in [0.1, 0.15) is 17.8 Å². The lowest BCUT2D eigenvalue weighted by atomic mass is 10.4. The molecule has 0 atom stereocenters. The van der Waals surface area contributed by atoms with Crippen molar-refractivity contribution >= 4 is 28.0 Å². The molecule has 0 aromatic carbocycles. The second-order valence-corrected chi connectivity index (χ2v) is 4.84. The summed E-state index contributed by atoms with van der Waals surface area (Å²) in [6.07, 6.45) is -4.71. The van der Waals surface area contributed by atoms with E-state index in [4.69, 9.17) is 3.79 Å². The van der Waals surface area contributed by atoms with Crippen LogP contribution >= 0.6 is 11.3 Å². The fourth-order valence-electron chi connectivity index (χ4n) is 1.38. The van der Waals surface area contributed by atoms with Crippen LogP contribution in [-0.4, -0.2) is 42.5 Å². The van der Waals surface area contributed by atoms with Crippen LogP contribution in [0.15, 0.2) is 5.38 Å². The summed E-state index contributed by atoms with van der Waals surface area (Å²) in [6.45, 7) is 1.87. The first-order valence-electron chi connectivity index (χ1n) is 5.32. The number of thiazole rings is 1. The molecule has 10 heteroatoms. The molecule has 0 unspecified atom stereocenters. The minimum Gasteiger partial charge on any atom is -0.622 e. The molecule has 0 saturated heterocycles. The van der Waals surface area contributed by atoms with Crippen LogP contribution < -0.4 is 3.79 Å². The third-order valence-electron chi connectivity index (χ3n) is 2.17. The first-order valence-corrected chi connectivity index (χ1v) is 6.78. The van der Waals surface area contributed by atoms with Gasteiger partial charge in [-0.15, -0.1) is 16.4 Å². The zero-order valence-electron chi connectivity index (χ0n) is 9.94. The fraction of sp³-hybridized carbons (Fsp3) is 0.444. The molecule has 2 heterocycles. The van der Waals surface area contributed by atoms with E-state index in [0.29, 0.717) is 12.2 Å². The molecule has 0 aliphatic carbocycles. The molecule has 1 radical (unpaired) electrons. The number of aryl methyl sites for hydroxylation is 1. The van der Waals surface area contributed by atoms with Crippen LogP contribution in [0.4, 0.5) is 13.2 Å². The number of aromatic nitrogens is 4. The third kappa shape index (κ3) is 3.46. The van der Waals surface area contributed by atoms with Crippen molar-refractivity contribution in [3.8, 4) is 11.8 Å². The number of hydrogen-bond acceptors (Lipinski definition) is 5. The van der Waals surface area contributed by atoms with Crippen LogP contribution in [0.2, 0.25) is 0 Å². The monoisotopic (exact) mass is 305 g/mol. The minimum absolute atomic E-state index is 0.0134. The lowest BCUT2D eigenvalue weighted by Crippen LogP contribution is -2.11. The van der Waals surface area contributed by atoms with Crippen molar-refractivity contribution in [3.63, 3.8) is 0 Å². The van der Waals surface area contributed by atoms with Crippen molar-refractivity contribution in [1.82, 2.24) is 19.7 Å². The summed E-state index contributed by atoms with van der Waals surface area (Å²) < 4.78 is 43.2. The summed E-state index contributed by atoms with van der Waals surface area (Å²) >= 11 is 2.15. The molecule has 2 rings (SSSR count). The van der Waals surface area contributed by atoms with Crippen molar-refractivity contribution in [2.24, 2.45) is 0 Å². The highest BCUT2D eigenvalue weighted by molar-refractivity contribution is 7.09. The maximum Gasteiger partial charge on any atom is 0.497 e. The highest BCUT2D eigenvalue weighted by atomic mass is 32.1. The van der Waals surface area contributed by atoms with Crippen molar-refractivity contribution in [3.05, 3.63) is 16.2 Å². The molecular formula is C9H9AlF3N4OS. The zero-order valence-corrected chi connectivity index (χ0v) is 12.2. The van der Waals surface area contributed by atoms with Crippen molar-refractivity contribution in [1.29, 1.82) is 0 Å². The van der Waals surface area contributed by atoms with Crippen LogP contribution in [0.3, 0.4) is 0 Å². The second-order valence-electron chi connectivity index (χ2n) is 3.61. The predicted octanol–water partition coefficient (Wildman–Crippen LogP) is 1.59. The lowest BCUT2D eigenvalue weighted by molar-refractivity contribution is -0.127. The van der Waals surface area contributed by atoms with Gasteiger partial charge in [-0.05, 0) is 0 Å². The van der Waals surface area contributed by atoms with Crippen molar-refractivity contribution < 1.29 is 17.0 Å². The van der Waals surface area contributed by atoms with Crippen LogP contribution in [0.5, 0.6) is 6.01 Å². The van der Waals surface area contributed by atoms with Gasteiger partial charge in [0.25, 0.3) is 6.01 Å². The molecule has 19 heavy (non-hydrogen) atoms. The molecule has 101 valence electrons. The number of halogens is 3. The number of nitrogens with zero attached hydrogens (tertiary/aromatic N) is 4. The molecule has 0 fully saturated rings. The standard InChI is InChI=1S/C9H9F3N4OS.Al.H/c1-2-5-13-8(17)16(15-5)6-4-18-7(14-6)3-9(10,11)12;;/h4H,2-3H2,1H3,(H,13,15,17);;/q;+1;/p-1. The lowest BCUT2D eigenvalue weighted by Gasteiger charge is -2.03. The Kier molecular flexibility index (Phi) is 4.13. The van der Waals surface area contributed by atoms with Gasteiger partial charge in [-0.3, -0.25) is 0 Å². The van der Waals surface area contributed by atoms with Gasteiger partial charge < -0.3 is 3.79 Å². The molecule has 5 nitrogen and oxygen atoms in total. The first-order chi connectivity index (χ1) is 8.93. The van der Waals surface area contributed by atoms with Crippen LogP contribution in [0.25, 0.3) is 5.82 Å². The summed E-state index contributed by atoms with van der Waals surface area (Å²) in [5.74, 6) is 0.838. The first kappa shape index (κ1) is 14.3. The zero-order chi connectivity index (χ0) is 14.0. The van der Waals surface area contributed by atoms with E-state index >= 15 is 0 Å². The summed E-state index contributed by atoms with van der Waals surface area (Å²) in [5.41, 5.74) is 0. The van der Waals surface area contributed by atoms with Gasteiger partial charge in [-0.2, -0.15) is 22.8 Å². The maximum absolute atomic E-state index is 12.3. The largest absolute Gasteiger partial charge is 0.622 e. The van der Waals surface area contributed by atoms with E-state index in [0.717, 1.165) is 11.3 Å². The van der Waals surface area contributed by atoms with Gasteiger partial charge in [0.2, 0.25) is 0 Å². The molecule has 0 aliphatic rings. The van der Waals surface area contributed by atoms with Gasteiger partial charge in [-0.1, -0.05) is 6.92 Å². The van der Waals surface area contributed by atoms with E-state index in [1.54, 1.807) is 0 Å². The van der Waals surface area contributed by atoms with Gasteiger partial charge in [-0.25, -0.2) is 4.98 Å². The number of alkyl halides is 3. The summed E-state index contributed by atoms with van der Waals surface area (Å²) in [5, 5.41) is 5.61. The molecule has 0 amide bonds. The molecule has 0 aliphatic heterocycles. The molecule has 0 spiro atoms. The quantitative estimate of drug-likeness (QED) is 0.805. The van der Waals surface area contributed by atoms with Gasteiger partial charge in [0.05, 0.1) is 6.42 Å². The maximum atomic E-state index is 12.3. The Balaban J connectivity index is 2.29. The highest BCUT2D eigenvalue weighted by Gasteiger charge is 2.29. The summed E-state index contributed by atoms with van der Waals surface area (Å²) in [6, 6.07) is 0.221. The van der Waals surface area contributed by atoms with Crippen LogP contribution in [-0.2, 0) is 12.8 Å². The Morgan fingerprint density at radius 3 is 2.74 bits per heavy atom. The Labute approximate surface area is 119 Å². The Morgan fingerprint density at radius 2 is 2.16 bits per heavy atom. The van der Waals surface area contributed by atoms with E-state index in [-0.39, 0.29) is 16.8 Å². The Bertz CT molecular complexity index is 568. The van der Waals surface area contributed by atoms with E-state index < -0.39 is 12.6 Å². The van der Waals surface area contributed by atoms with Gasteiger partial charge in [0, 0.05) is 11.8 Å². The van der Waals surface area contributed by atoms with Crippen LogP contribution in [0, 0.1) is 0 Å². The molecule has 0 N–H and O–H groups in total. The second kappa shape index (κ2) is 5.48. The normalized spacial score (nSPS) is 11.8. The van der Waals surface area contributed by atoms with Crippen molar-refractivity contribution in [2.75, 3.05) is 0 Å². The third-order valence-corrected chi connectivity index (χ3v) is 3.27. The van der Waals surface area contributed by atoms with E-state index in [1.807, 2.05) is 6.92 Å². The number of hydrogen-bond donors (Lipinski definition) is 0. The Hall–Kier alpha value is -1.11. The molecular weight excluding hydrogens is 296 g/mol. The smallest absolute Gasteiger partial charge is 0.497 e. The average Bonchev–Trinajstić information content (AvgIpc) is 2.92. The van der Waals surface area contributed by atoms with Crippen molar-refractivity contribution in [2.45, 2.75) is 25.9 Å². The molecule has 0 bridgehead atoms.